The molecule has 19 heavy (non-hydrogen) atoms. The third kappa shape index (κ3) is 4.09. The molecule has 0 amide bonds. The van der Waals surface area contributed by atoms with Crippen molar-refractivity contribution in [2.75, 3.05) is 6.61 Å². The molecule has 2 heterocycles. The Hall–Kier alpha value is -1.31. The van der Waals surface area contributed by atoms with Crippen molar-refractivity contribution in [3.63, 3.8) is 0 Å². The molecule has 2 rings (SSSR count). The number of nitrogens with one attached hydrogen (secondary N) is 1. The highest BCUT2D eigenvalue weighted by molar-refractivity contribution is 7.11. The summed E-state index contributed by atoms with van der Waals surface area (Å²) in [6.07, 6.45) is 4.50. The summed E-state index contributed by atoms with van der Waals surface area (Å²) in [5.41, 5.74) is 0.901. The summed E-state index contributed by atoms with van der Waals surface area (Å²) in [6, 6.07) is 0.210. The van der Waals surface area contributed by atoms with Gasteiger partial charge in [0.05, 0.1) is 11.7 Å². The van der Waals surface area contributed by atoms with Crippen LogP contribution >= 0.6 is 11.3 Å². The first-order chi connectivity index (χ1) is 9.19. The molecule has 0 saturated heterocycles. The molecule has 7 heteroatoms. The monoisotopic (exact) mass is 281 g/mol. The fourth-order valence-electron chi connectivity index (χ4n) is 1.68. The fraction of sp³-hybridized carbons (Fsp3) is 0.583. The minimum absolute atomic E-state index is 0.174. The molecule has 2 aromatic heterocycles. The second-order valence-corrected chi connectivity index (χ2v) is 5.73. The van der Waals surface area contributed by atoms with Crippen LogP contribution in [-0.4, -0.2) is 31.7 Å². The summed E-state index contributed by atoms with van der Waals surface area (Å²) in [5, 5.41) is 21.3. The average Bonchev–Trinajstić information content (AvgIpc) is 3.02. The van der Waals surface area contributed by atoms with Crippen LogP contribution in [0.4, 0.5) is 0 Å². The molecule has 0 fully saturated rings. The van der Waals surface area contributed by atoms with Crippen LogP contribution in [0.3, 0.4) is 0 Å². The first kappa shape index (κ1) is 14.1. The molecule has 2 N–H and O–H groups in total. The van der Waals surface area contributed by atoms with Crippen LogP contribution in [0.2, 0.25) is 0 Å². The quantitative estimate of drug-likeness (QED) is 0.799. The predicted octanol–water partition coefficient (Wildman–Crippen LogP) is 1.28. The summed E-state index contributed by atoms with van der Waals surface area (Å²) in [7, 11) is 0. The molecule has 0 spiro atoms. The molecular weight excluding hydrogens is 262 g/mol. The Balaban J connectivity index is 1.83. The first-order valence-corrected chi connectivity index (χ1v) is 7.16. The average molecular weight is 281 g/mol. The van der Waals surface area contributed by atoms with Crippen LogP contribution in [-0.2, 0) is 13.1 Å². The largest absolute Gasteiger partial charge is 0.396 e. The van der Waals surface area contributed by atoms with E-state index in [1.54, 1.807) is 16.0 Å². The number of aryl methyl sites for hydroxylation is 2. The molecule has 104 valence electrons. The van der Waals surface area contributed by atoms with Crippen molar-refractivity contribution in [1.82, 2.24) is 25.3 Å². The molecule has 0 aliphatic heterocycles. The van der Waals surface area contributed by atoms with Gasteiger partial charge in [-0.05, 0) is 20.3 Å². The minimum Gasteiger partial charge on any atom is -0.396 e. The molecule has 0 aromatic carbocycles. The molecule has 6 nitrogen and oxygen atoms in total. The van der Waals surface area contributed by atoms with Crippen molar-refractivity contribution in [1.29, 1.82) is 0 Å². The van der Waals surface area contributed by atoms with E-state index in [1.807, 2.05) is 12.4 Å². The third-order valence-electron chi connectivity index (χ3n) is 2.73. The van der Waals surface area contributed by atoms with E-state index in [2.05, 4.69) is 34.5 Å². The van der Waals surface area contributed by atoms with Crippen LogP contribution in [0, 0.1) is 6.92 Å². The van der Waals surface area contributed by atoms with Gasteiger partial charge in [0.15, 0.2) is 0 Å². The van der Waals surface area contributed by atoms with Crippen molar-refractivity contribution >= 4 is 11.3 Å². The van der Waals surface area contributed by atoms with E-state index in [-0.39, 0.29) is 12.6 Å². The van der Waals surface area contributed by atoms with E-state index >= 15 is 0 Å². The van der Waals surface area contributed by atoms with Gasteiger partial charge >= 0.3 is 0 Å². The number of hydrogen-bond acceptors (Lipinski definition) is 6. The lowest BCUT2D eigenvalue weighted by Gasteiger charge is -2.08. The Morgan fingerprint density at radius 3 is 3.05 bits per heavy atom. The van der Waals surface area contributed by atoms with Gasteiger partial charge in [-0.3, -0.25) is 4.68 Å². The van der Waals surface area contributed by atoms with Crippen LogP contribution in [0.1, 0.15) is 35.0 Å². The number of hydrogen-bond donors (Lipinski definition) is 2. The molecule has 0 bridgehead atoms. The molecule has 0 aliphatic carbocycles. The number of aliphatic hydroxyl groups excluding tert-OH is 1. The molecular formula is C12H19N5OS. The summed E-state index contributed by atoms with van der Waals surface area (Å²) in [4.78, 5) is 5.58. The van der Waals surface area contributed by atoms with Crippen molar-refractivity contribution in [3.8, 4) is 0 Å². The Morgan fingerprint density at radius 2 is 2.37 bits per heavy atom. The molecule has 1 atom stereocenters. The number of rotatable bonds is 7. The molecule has 0 radical (unpaired) electrons. The van der Waals surface area contributed by atoms with Gasteiger partial charge in [0.1, 0.15) is 5.01 Å². The summed E-state index contributed by atoms with van der Waals surface area (Å²) < 4.78 is 1.76. The van der Waals surface area contributed by atoms with Gasteiger partial charge in [0.25, 0.3) is 0 Å². The number of thiazole rings is 1. The van der Waals surface area contributed by atoms with Crippen LogP contribution < -0.4 is 5.32 Å². The number of aliphatic hydroxyl groups is 1. The molecule has 0 aliphatic rings. The molecule has 1 unspecified atom stereocenters. The number of aromatic nitrogens is 4. The molecule has 0 saturated carbocycles. The van der Waals surface area contributed by atoms with E-state index in [9.17, 15) is 0 Å². The van der Waals surface area contributed by atoms with Gasteiger partial charge in [-0.15, -0.1) is 16.4 Å². The Bertz CT molecular complexity index is 510. The highest BCUT2D eigenvalue weighted by atomic mass is 32.1. The van der Waals surface area contributed by atoms with Gasteiger partial charge < -0.3 is 10.4 Å². The van der Waals surface area contributed by atoms with Crippen molar-refractivity contribution < 1.29 is 5.11 Å². The van der Waals surface area contributed by atoms with Gasteiger partial charge in [0.2, 0.25) is 0 Å². The standard InChI is InChI=1S/C12H19N5OS/c1-9-6-14-12(19-9)10(2)13-7-11-8-17(16-15-11)4-3-5-18/h6,8,10,13,18H,3-5,7H2,1-2H3. The summed E-state index contributed by atoms with van der Waals surface area (Å²) >= 11 is 1.70. The predicted molar refractivity (Wildman–Crippen MR) is 73.8 cm³/mol. The Labute approximate surface area is 116 Å². The van der Waals surface area contributed by atoms with Gasteiger partial charge in [-0.2, -0.15) is 0 Å². The van der Waals surface area contributed by atoms with Crippen molar-refractivity contribution in [2.24, 2.45) is 0 Å². The maximum Gasteiger partial charge on any atom is 0.109 e. The summed E-state index contributed by atoms with van der Waals surface area (Å²) in [6.45, 7) is 5.69. The Morgan fingerprint density at radius 1 is 1.53 bits per heavy atom. The van der Waals surface area contributed by atoms with E-state index in [4.69, 9.17) is 5.11 Å². The lowest BCUT2D eigenvalue weighted by atomic mass is 10.3. The maximum atomic E-state index is 8.76. The third-order valence-corrected chi connectivity index (χ3v) is 3.83. The highest BCUT2D eigenvalue weighted by Crippen LogP contribution is 2.19. The topological polar surface area (TPSA) is 75.9 Å². The lowest BCUT2D eigenvalue weighted by molar-refractivity contribution is 0.276. The van der Waals surface area contributed by atoms with Crippen molar-refractivity contribution in [2.45, 2.75) is 39.4 Å². The highest BCUT2D eigenvalue weighted by Gasteiger charge is 2.09. The van der Waals surface area contributed by atoms with E-state index in [0.717, 1.165) is 10.7 Å². The van der Waals surface area contributed by atoms with Crippen LogP contribution in [0.15, 0.2) is 12.4 Å². The zero-order chi connectivity index (χ0) is 13.7. The van der Waals surface area contributed by atoms with E-state index in [0.29, 0.717) is 19.5 Å². The second kappa shape index (κ2) is 6.74. The maximum absolute atomic E-state index is 8.76. The van der Waals surface area contributed by atoms with E-state index in [1.165, 1.54) is 4.88 Å². The smallest absolute Gasteiger partial charge is 0.109 e. The SMILES string of the molecule is Cc1cnc(C(C)NCc2cn(CCCO)nn2)s1. The normalized spacial score (nSPS) is 12.8. The number of nitrogens with zero attached hydrogens (tertiary/aromatic N) is 4. The van der Waals surface area contributed by atoms with Gasteiger partial charge in [0, 0.05) is 37.0 Å². The zero-order valence-corrected chi connectivity index (χ0v) is 12.0. The minimum atomic E-state index is 0.174. The Kier molecular flexibility index (Phi) is 5.00. The fourth-order valence-corrected chi connectivity index (χ4v) is 2.48. The lowest BCUT2D eigenvalue weighted by Crippen LogP contribution is -2.18. The van der Waals surface area contributed by atoms with E-state index < -0.39 is 0 Å². The van der Waals surface area contributed by atoms with Crippen molar-refractivity contribution in [3.05, 3.63) is 28.0 Å². The first-order valence-electron chi connectivity index (χ1n) is 6.34. The van der Waals surface area contributed by atoms with Crippen LogP contribution in [0.5, 0.6) is 0 Å². The second-order valence-electron chi connectivity index (χ2n) is 4.46. The molecule has 2 aromatic rings. The zero-order valence-electron chi connectivity index (χ0n) is 11.2. The summed E-state index contributed by atoms with van der Waals surface area (Å²) in [5.74, 6) is 0. The van der Waals surface area contributed by atoms with Gasteiger partial charge in [-0.25, -0.2) is 4.98 Å². The van der Waals surface area contributed by atoms with Crippen LogP contribution in [0.25, 0.3) is 0 Å². The van der Waals surface area contributed by atoms with Gasteiger partial charge in [-0.1, -0.05) is 5.21 Å².